The Morgan fingerprint density at radius 3 is 2.94 bits per heavy atom. The molecule has 5 nitrogen and oxygen atoms in total. The molecule has 0 aliphatic rings. The van der Waals surface area contributed by atoms with Crippen LogP contribution in [-0.4, -0.2) is 19.7 Å². The number of nitrogens with one attached hydrogen (secondary N) is 1. The second-order valence-electron chi connectivity index (χ2n) is 4.11. The van der Waals surface area contributed by atoms with Crippen LogP contribution < -0.4 is 5.32 Å². The normalized spacial score (nSPS) is 12.8. The molecule has 0 bridgehead atoms. The average molecular weight is 265 g/mol. The highest BCUT2D eigenvalue weighted by molar-refractivity contribution is 7.09. The number of thiazole rings is 1. The quantitative estimate of drug-likeness (QED) is 0.835. The first-order valence-corrected chi connectivity index (χ1v) is 7.22. The number of hydrogen-bond acceptors (Lipinski definition) is 5. The molecule has 2 rings (SSSR count). The largest absolute Gasteiger partial charge is 0.301 e. The monoisotopic (exact) mass is 265 g/mol. The molecule has 0 radical (unpaired) electrons. The molecular formula is C12H19N5S. The summed E-state index contributed by atoms with van der Waals surface area (Å²) >= 11 is 1.69. The van der Waals surface area contributed by atoms with E-state index in [0.717, 1.165) is 36.8 Å². The standard InChI is InChI=1S/C12H19N5S/c1-3-6-17-11(15-9-16-17)8-14-10(4-2)12-13-5-7-18-12/h5,7,9-10,14H,3-4,6,8H2,1-2H3. The molecule has 2 aromatic heterocycles. The van der Waals surface area contributed by atoms with Gasteiger partial charge in [-0.15, -0.1) is 11.3 Å². The lowest BCUT2D eigenvalue weighted by molar-refractivity contribution is 0.479. The minimum Gasteiger partial charge on any atom is -0.301 e. The average Bonchev–Trinajstić information content (AvgIpc) is 3.03. The van der Waals surface area contributed by atoms with E-state index in [1.54, 1.807) is 17.7 Å². The highest BCUT2D eigenvalue weighted by Gasteiger charge is 2.12. The number of aryl methyl sites for hydroxylation is 1. The van der Waals surface area contributed by atoms with E-state index in [9.17, 15) is 0 Å². The van der Waals surface area contributed by atoms with E-state index in [2.05, 4.69) is 34.2 Å². The fourth-order valence-corrected chi connectivity index (χ4v) is 2.65. The van der Waals surface area contributed by atoms with Crippen LogP contribution in [0.5, 0.6) is 0 Å². The third kappa shape index (κ3) is 3.14. The van der Waals surface area contributed by atoms with Gasteiger partial charge in [-0.2, -0.15) is 5.10 Å². The molecule has 0 saturated heterocycles. The van der Waals surface area contributed by atoms with Gasteiger partial charge in [0.25, 0.3) is 0 Å². The Morgan fingerprint density at radius 2 is 2.28 bits per heavy atom. The molecule has 2 aromatic rings. The van der Waals surface area contributed by atoms with Gasteiger partial charge in [0.05, 0.1) is 12.6 Å². The highest BCUT2D eigenvalue weighted by Crippen LogP contribution is 2.18. The topological polar surface area (TPSA) is 55.6 Å². The first-order chi connectivity index (χ1) is 8.85. The molecule has 1 unspecified atom stereocenters. The maximum atomic E-state index is 4.36. The zero-order valence-corrected chi connectivity index (χ0v) is 11.7. The van der Waals surface area contributed by atoms with Crippen molar-refractivity contribution in [1.82, 2.24) is 25.1 Å². The van der Waals surface area contributed by atoms with Gasteiger partial charge in [0.2, 0.25) is 0 Å². The van der Waals surface area contributed by atoms with Crippen molar-refractivity contribution in [2.45, 2.75) is 45.8 Å². The van der Waals surface area contributed by atoms with Gasteiger partial charge in [-0.25, -0.2) is 14.6 Å². The molecule has 0 saturated carbocycles. The van der Waals surface area contributed by atoms with Crippen LogP contribution in [0.4, 0.5) is 0 Å². The molecule has 0 aromatic carbocycles. The van der Waals surface area contributed by atoms with Crippen molar-refractivity contribution in [2.24, 2.45) is 0 Å². The maximum absolute atomic E-state index is 4.36. The molecule has 1 atom stereocenters. The Balaban J connectivity index is 1.95. The van der Waals surface area contributed by atoms with E-state index in [4.69, 9.17) is 0 Å². The molecule has 0 aliphatic carbocycles. The van der Waals surface area contributed by atoms with Gasteiger partial charge in [0, 0.05) is 18.1 Å². The van der Waals surface area contributed by atoms with Crippen LogP contribution in [0, 0.1) is 0 Å². The van der Waals surface area contributed by atoms with Crippen molar-refractivity contribution >= 4 is 11.3 Å². The van der Waals surface area contributed by atoms with E-state index < -0.39 is 0 Å². The van der Waals surface area contributed by atoms with Gasteiger partial charge in [0.1, 0.15) is 17.2 Å². The van der Waals surface area contributed by atoms with Crippen LogP contribution in [0.25, 0.3) is 0 Å². The maximum Gasteiger partial charge on any atom is 0.140 e. The van der Waals surface area contributed by atoms with Crippen molar-refractivity contribution in [2.75, 3.05) is 0 Å². The van der Waals surface area contributed by atoms with Gasteiger partial charge in [0.15, 0.2) is 0 Å². The number of aromatic nitrogens is 4. The summed E-state index contributed by atoms with van der Waals surface area (Å²) in [6, 6.07) is 0.303. The Labute approximate surface area is 111 Å². The Kier molecular flexibility index (Phi) is 4.83. The summed E-state index contributed by atoms with van der Waals surface area (Å²) in [6.07, 6.45) is 5.57. The van der Waals surface area contributed by atoms with Crippen molar-refractivity contribution in [3.8, 4) is 0 Å². The van der Waals surface area contributed by atoms with Gasteiger partial charge in [-0.1, -0.05) is 13.8 Å². The third-order valence-electron chi connectivity index (χ3n) is 2.80. The minimum absolute atomic E-state index is 0.303. The minimum atomic E-state index is 0.303. The molecule has 0 amide bonds. The van der Waals surface area contributed by atoms with E-state index >= 15 is 0 Å². The summed E-state index contributed by atoms with van der Waals surface area (Å²) in [5.74, 6) is 0.992. The molecule has 1 N–H and O–H groups in total. The second-order valence-corrected chi connectivity index (χ2v) is 5.04. The fraction of sp³-hybridized carbons (Fsp3) is 0.583. The van der Waals surface area contributed by atoms with Gasteiger partial charge in [-0.3, -0.25) is 0 Å². The Hall–Kier alpha value is -1.27. The summed E-state index contributed by atoms with van der Waals surface area (Å²) in [6.45, 7) is 5.96. The molecule has 0 fully saturated rings. The van der Waals surface area contributed by atoms with E-state index in [1.807, 2.05) is 16.3 Å². The van der Waals surface area contributed by atoms with Crippen LogP contribution in [0.3, 0.4) is 0 Å². The predicted octanol–water partition coefficient (Wildman–Crippen LogP) is 2.39. The SMILES string of the molecule is CCCn1ncnc1CNC(CC)c1nccs1. The summed E-state index contributed by atoms with van der Waals surface area (Å²) in [4.78, 5) is 8.65. The summed E-state index contributed by atoms with van der Waals surface area (Å²) in [5.41, 5.74) is 0. The van der Waals surface area contributed by atoms with E-state index in [0.29, 0.717) is 6.04 Å². The molecule has 2 heterocycles. The predicted molar refractivity (Wildman–Crippen MR) is 72.3 cm³/mol. The van der Waals surface area contributed by atoms with Crippen LogP contribution in [0.15, 0.2) is 17.9 Å². The van der Waals surface area contributed by atoms with Crippen LogP contribution in [0.1, 0.15) is 43.6 Å². The van der Waals surface area contributed by atoms with Gasteiger partial charge < -0.3 is 5.32 Å². The summed E-state index contributed by atoms with van der Waals surface area (Å²) in [5, 5.41) is 10.9. The molecule has 0 aliphatic heterocycles. The summed E-state index contributed by atoms with van der Waals surface area (Å²) < 4.78 is 1.96. The van der Waals surface area contributed by atoms with Crippen molar-refractivity contribution in [1.29, 1.82) is 0 Å². The van der Waals surface area contributed by atoms with Crippen LogP contribution in [0.2, 0.25) is 0 Å². The third-order valence-corrected chi connectivity index (χ3v) is 3.68. The van der Waals surface area contributed by atoms with E-state index in [1.165, 1.54) is 0 Å². The van der Waals surface area contributed by atoms with E-state index in [-0.39, 0.29) is 0 Å². The molecule has 98 valence electrons. The van der Waals surface area contributed by atoms with Crippen molar-refractivity contribution in [3.63, 3.8) is 0 Å². The molecule has 0 spiro atoms. The number of rotatable bonds is 7. The number of hydrogen-bond donors (Lipinski definition) is 1. The zero-order valence-electron chi connectivity index (χ0n) is 10.8. The Morgan fingerprint density at radius 1 is 1.39 bits per heavy atom. The van der Waals surface area contributed by atoms with Crippen LogP contribution in [-0.2, 0) is 13.1 Å². The first kappa shape index (κ1) is 13.2. The van der Waals surface area contributed by atoms with Crippen LogP contribution >= 0.6 is 11.3 Å². The molecule has 6 heteroatoms. The fourth-order valence-electron chi connectivity index (χ4n) is 1.85. The lowest BCUT2D eigenvalue weighted by Gasteiger charge is -2.14. The lowest BCUT2D eigenvalue weighted by atomic mass is 10.2. The van der Waals surface area contributed by atoms with Crippen molar-refractivity contribution in [3.05, 3.63) is 28.7 Å². The first-order valence-electron chi connectivity index (χ1n) is 6.34. The summed E-state index contributed by atoms with van der Waals surface area (Å²) in [7, 11) is 0. The Bertz CT molecular complexity index is 451. The highest BCUT2D eigenvalue weighted by atomic mass is 32.1. The molecular weight excluding hydrogens is 246 g/mol. The smallest absolute Gasteiger partial charge is 0.140 e. The van der Waals surface area contributed by atoms with Gasteiger partial charge in [-0.05, 0) is 12.8 Å². The number of nitrogens with zero attached hydrogens (tertiary/aromatic N) is 4. The second kappa shape index (κ2) is 6.61. The molecule has 18 heavy (non-hydrogen) atoms. The zero-order chi connectivity index (χ0) is 12.8. The lowest BCUT2D eigenvalue weighted by Crippen LogP contribution is -2.22. The van der Waals surface area contributed by atoms with Gasteiger partial charge >= 0.3 is 0 Å². The van der Waals surface area contributed by atoms with Crippen molar-refractivity contribution < 1.29 is 0 Å².